The van der Waals surface area contributed by atoms with Crippen molar-refractivity contribution in [2.75, 3.05) is 0 Å². The van der Waals surface area contributed by atoms with Crippen molar-refractivity contribution in [3.63, 3.8) is 0 Å². The van der Waals surface area contributed by atoms with Gasteiger partial charge in [0, 0.05) is 31.0 Å². The first kappa shape index (κ1) is 10.9. The summed E-state index contributed by atoms with van der Waals surface area (Å²) >= 11 is 0. The minimum atomic E-state index is -0.000484. The van der Waals surface area contributed by atoms with Gasteiger partial charge in [0.1, 0.15) is 0 Å². The zero-order valence-corrected chi connectivity index (χ0v) is 9.88. The van der Waals surface area contributed by atoms with E-state index in [2.05, 4.69) is 14.6 Å². The molecule has 2 aromatic rings. The van der Waals surface area contributed by atoms with Gasteiger partial charge in [0.05, 0.1) is 24.3 Å². The number of nitrogens with zero attached hydrogens (tertiary/aromatic N) is 4. The van der Waals surface area contributed by atoms with Gasteiger partial charge < -0.3 is 10.3 Å². The molecule has 0 spiro atoms. The summed E-state index contributed by atoms with van der Waals surface area (Å²) in [5.41, 5.74) is 9.16. The molecule has 5 nitrogen and oxygen atoms in total. The summed E-state index contributed by atoms with van der Waals surface area (Å²) in [6.45, 7) is 4.75. The summed E-state index contributed by atoms with van der Waals surface area (Å²) in [6, 6.07) is -0.000484. The molecule has 86 valence electrons. The van der Waals surface area contributed by atoms with E-state index < -0.39 is 0 Å². The van der Waals surface area contributed by atoms with Gasteiger partial charge in [-0.2, -0.15) is 5.10 Å². The third-order valence-electron chi connectivity index (χ3n) is 2.67. The average Bonchev–Trinajstić information content (AvgIpc) is 2.75. The number of imidazole rings is 1. The molecule has 0 bridgehead atoms. The summed E-state index contributed by atoms with van der Waals surface area (Å²) in [5.74, 6) is 0. The van der Waals surface area contributed by atoms with E-state index in [1.54, 1.807) is 0 Å². The van der Waals surface area contributed by atoms with Crippen LogP contribution in [0.2, 0.25) is 0 Å². The third kappa shape index (κ3) is 1.99. The molecule has 0 aliphatic carbocycles. The van der Waals surface area contributed by atoms with Gasteiger partial charge >= 0.3 is 0 Å². The lowest BCUT2D eigenvalue weighted by molar-refractivity contribution is 0.672. The summed E-state index contributed by atoms with van der Waals surface area (Å²) in [6.07, 6.45) is 5.65. The normalized spacial score (nSPS) is 13.0. The van der Waals surface area contributed by atoms with Crippen molar-refractivity contribution in [2.45, 2.75) is 26.4 Å². The number of nitrogens with two attached hydrogens (primary N) is 1. The fourth-order valence-corrected chi connectivity index (χ4v) is 1.83. The molecule has 0 amide bonds. The minimum absolute atomic E-state index is 0.000484. The molecule has 0 aromatic carbocycles. The standard InChI is InChI=1S/C11H17N5/c1-8(12)11-4-13-7-16(11)6-10-5-15(3)14-9(10)2/h4-5,7-8H,6,12H2,1-3H3/t8-/m1/s1. The van der Waals surface area contributed by atoms with E-state index in [-0.39, 0.29) is 6.04 Å². The van der Waals surface area contributed by atoms with Crippen LogP contribution in [0.25, 0.3) is 0 Å². The maximum atomic E-state index is 5.87. The zero-order valence-electron chi connectivity index (χ0n) is 9.88. The Morgan fingerprint density at radius 3 is 2.81 bits per heavy atom. The van der Waals surface area contributed by atoms with Crippen molar-refractivity contribution in [1.82, 2.24) is 19.3 Å². The molecule has 16 heavy (non-hydrogen) atoms. The SMILES string of the molecule is Cc1nn(C)cc1Cn1cncc1[C@@H](C)N. The molecular weight excluding hydrogens is 202 g/mol. The summed E-state index contributed by atoms with van der Waals surface area (Å²) < 4.78 is 3.89. The quantitative estimate of drug-likeness (QED) is 0.837. The van der Waals surface area contributed by atoms with Gasteiger partial charge in [-0.3, -0.25) is 4.68 Å². The predicted octanol–water partition coefficient (Wildman–Crippen LogP) is 0.993. The van der Waals surface area contributed by atoms with Gasteiger partial charge in [0.2, 0.25) is 0 Å². The summed E-state index contributed by atoms with van der Waals surface area (Å²) in [4.78, 5) is 4.13. The number of aromatic nitrogens is 4. The highest BCUT2D eigenvalue weighted by Crippen LogP contribution is 2.13. The van der Waals surface area contributed by atoms with Gasteiger partial charge in [-0.1, -0.05) is 0 Å². The highest BCUT2D eigenvalue weighted by Gasteiger charge is 2.09. The Morgan fingerprint density at radius 2 is 2.25 bits per heavy atom. The molecule has 1 atom stereocenters. The molecule has 0 radical (unpaired) electrons. The first-order valence-electron chi connectivity index (χ1n) is 5.32. The van der Waals surface area contributed by atoms with Crippen molar-refractivity contribution >= 4 is 0 Å². The van der Waals surface area contributed by atoms with E-state index >= 15 is 0 Å². The number of rotatable bonds is 3. The summed E-state index contributed by atoms with van der Waals surface area (Å²) in [5, 5.41) is 4.32. The lowest BCUT2D eigenvalue weighted by Gasteiger charge is -2.09. The molecule has 0 unspecified atom stereocenters. The smallest absolute Gasteiger partial charge is 0.0951 e. The Kier molecular flexibility index (Phi) is 2.78. The van der Waals surface area contributed by atoms with Crippen molar-refractivity contribution < 1.29 is 0 Å². The Balaban J connectivity index is 2.27. The van der Waals surface area contributed by atoms with Gasteiger partial charge in [-0.05, 0) is 13.8 Å². The van der Waals surface area contributed by atoms with Crippen LogP contribution in [0.1, 0.15) is 29.9 Å². The highest BCUT2D eigenvalue weighted by molar-refractivity contribution is 5.17. The van der Waals surface area contributed by atoms with E-state index in [9.17, 15) is 0 Å². The first-order chi connectivity index (χ1) is 7.58. The molecule has 0 aliphatic rings. The van der Waals surface area contributed by atoms with E-state index in [4.69, 9.17) is 5.73 Å². The van der Waals surface area contributed by atoms with Gasteiger partial charge in [-0.25, -0.2) is 4.98 Å². The lowest BCUT2D eigenvalue weighted by atomic mass is 10.2. The first-order valence-corrected chi connectivity index (χ1v) is 5.32. The van der Waals surface area contributed by atoms with Crippen molar-refractivity contribution in [3.8, 4) is 0 Å². The Hall–Kier alpha value is -1.62. The second-order valence-electron chi connectivity index (χ2n) is 4.15. The van der Waals surface area contributed by atoms with E-state index in [0.717, 1.165) is 17.9 Å². The number of hydrogen-bond donors (Lipinski definition) is 1. The van der Waals surface area contributed by atoms with E-state index in [0.29, 0.717) is 0 Å². The molecule has 2 rings (SSSR count). The third-order valence-corrected chi connectivity index (χ3v) is 2.67. The van der Waals surface area contributed by atoms with E-state index in [1.165, 1.54) is 5.56 Å². The minimum Gasteiger partial charge on any atom is -0.329 e. The van der Waals surface area contributed by atoms with Crippen LogP contribution >= 0.6 is 0 Å². The monoisotopic (exact) mass is 219 g/mol. The molecule has 2 aromatic heterocycles. The van der Waals surface area contributed by atoms with Crippen molar-refractivity contribution in [2.24, 2.45) is 12.8 Å². The number of aryl methyl sites for hydroxylation is 2. The Labute approximate surface area is 94.9 Å². The number of hydrogen-bond acceptors (Lipinski definition) is 3. The van der Waals surface area contributed by atoms with Crippen LogP contribution in [0.4, 0.5) is 0 Å². The largest absolute Gasteiger partial charge is 0.329 e. The highest BCUT2D eigenvalue weighted by atomic mass is 15.3. The molecular formula is C11H17N5. The average molecular weight is 219 g/mol. The Morgan fingerprint density at radius 1 is 1.50 bits per heavy atom. The molecule has 0 saturated carbocycles. The fourth-order valence-electron chi connectivity index (χ4n) is 1.83. The van der Waals surface area contributed by atoms with Crippen LogP contribution in [-0.4, -0.2) is 19.3 Å². The van der Waals surface area contributed by atoms with Gasteiger partial charge in [0.15, 0.2) is 0 Å². The maximum Gasteiger partial charge on any atom is 0.0951 e. The molecule has 2 N–H and O–H groups in total. The topological polar surface area (TPSA) is 61.7 Å². The predicted molar refractivity (Wildman–Crippen MR) is 61.9 cm³/mol. The van der Waals surface area contributed by atoms with Gasteiger partial charge in [-0.15, -0.1) is 0 Å². The lowest BCUT2D eigenvalue weighted by Crippen LogP contribution is -2.12. The molecule has 0 fully saturated rings. The Bertz CT molecular complexity index is 480. The molecule has 0 aliphatic heterocycles. The zero-order chi connectivity index (χ0) is 11.7. The van der Waals surface area contributed by atoms with Crippen LogP contribution in [0, 0.1) is 6.92 Å². The van der Waals surface area contributed by atoms with Crippen LogP contribution in [0.3, 0.4) is 0 Å². The van der Waals surface area contributed by atoms with E-state index in [1.807, 2.05) is 44.3 Å². The maximum absolute atomic E-state index is 5.87. The molecule has 2 heterocycles. The summed E-state index contributed by atoms with van der Waals surface area (Å²) in [7, 11) is 1.93. The van der Waals surface area contributed by atoms with Crippen LogP contribution < -0.4 is 5.73 Å². The van der Waals surface area contributed by atoms with Crippen molar-refractivity contribution in [1.29, 1.82) is 0 Å². The second-order valence-corrected chi connectivity index (χ2v) is 4.15. The fraction of sp³-hybridized carbons (Fsp3) is 0.455. The van der Waals surface area contributed by atoms with Crippen LogP contribution in [0.15, 0.2) is 18.7 Å². The van der Waals surface area contributed by atoms with Crippen LogP contribution in [0.5, 0.6) is 0 Å². The molecule has 5 heteroatoms. The second kappa shape index (κ2) is 4.09. The van der Waals surface area contributed by atoms with Gasteiger partial charge in [0.25, 0.3) is 0 Å². The van der Waals surface area contributed by atoms with Crippen molar-refractivity contribution in [3.05, 3.63) is 35.7 Å². The molecule has 0 saturated heterocycles. The van der Waals surface area contributed by atoms with Crippen LogP contribution in [-0.2, 0) is 13.6 Å².